The minimum atomic E-state index is 0.214. The highest BCUT2D eigenvalue weighted by atomic mass is 35.5. The fraction of sp³-hybridized carbons (Fsp3) is 0.647. The Hall–Kier alpha value is -0.770. The third kappa shape index (κ3) is 4.60. The zero-order chi connectivity index (χ0) is 15.2. The molecule has 0 amide bonds. The molecule has 118 valence electrons. The summed E-state index contributed by atoms with van der Waals surface area (Å²) in [5, 5.41) is 0.797. The largest absolute Gasteiger partial charge is 0.378 e. The van der Waals surface area contributed by atoms with Crippen LogP contribution in [-0.2, 0) is 11.2 Å². The van der Waals surface area contributed by atoms with Gasteiger partial charge in [0.2, 0.25) is 0 Å². The molecule has 21 heavy (non-hydrogen) atoms. The van der Waals surface area contributed by atoms with E-state index >= 15 is 0 Å². The molecule has 1 atom stereocenters. The molecular formula is C17H27ClN2O. The summed E-state index contributed by atoms with van der Waals surface area (Å²) in [5.74, 6) is 0. The van der Waals surface area contributed by atoms with Crippen molar-refractivity contribution >= 4 is 17.3 Å². The molecule has 1 aliphatic rings. The van der Waals surface area contributed by atoms with Crippen LogP contribution in [0.2, 0.25) is 5.02 Å². The van der Waals surface area contributed by atoms with E-state index in [1.807, 2.05) is 6.07 Å². The van der Waals surface area contributed by atoms with Crippen molar-refractivity contribution in [3.63, 3.8) is 0 Å². The van der Waals surface area contributed by atoms with Crippen molar-refractivity contribution in [2.45, 2.75) is 51.7 Å². The molecule has 0 spiro atoms. The van der Waals surface area contributed by atoms with E-state index in [1.165, 1.54) is 11.3 Å². The van der Waals surface area contributed by atoms with Crippen molar-refractivity contribution in [2.24, 2.45) is 5.73 Å². The minimum Gasteiger partial charge on any atom is -0.378 e. The highest BCUT2D eigenvalue weighted by Crippen LogP contribution is 2.29. The van der Waals surface area contributed by atoms with E-state index in [9.17, 15) is 0 Å². The number of rotatable bonds is 6. The van der Waals surface area contributed by atoms with Crippen LogP contribution in [0.1, 0.15) is 38.7 Å². The van der Waals surface area contributed by atoms with Crippen molar-refractivity contribution in [3.05, 3.63) is 28.8 Å². The van der Waals surface area contributed by atoms with Gasteiger partial charge in [-0.1, -0.05) is 24.6 Å². The van der Waals surface area contributed by atoms with Crippen LogP contribution in [-0.4, -0.2) is 31.8 Å². The first-order valence-electron chi connectivity index (χ1n) is 8.04. The molecule has 0 saturated carbocycles. The Morgan fingerprint density at radius 3 is 2.67 bits per heavy atom. The fourth-order valence-electron chi connectivity index (χ4n) is 2.93. The van der Waals surface area contributed by atoms with Crippen molar-refractivity contribution < 1.29 is 4.74 Å². The zero-order valence-electron chi connectivity index (χ0n) is 13.1. The van der Waals surface area contributed by atoms with Crippen LogP contribution in [0, 0.1) is 0 Å². The molecule has 2 N–H and O–H groups in total. The molecular weight excluding hydrogens is 284 g/mol. The monoisotopic (exact) mass is 310 g/mol. The maximum Gasteiger partial charge on any atom is 0.0608 e. The number of nitrogens with two attached hydrogens (primary N) is 1. The summed E-state index contributed by atoms with van der Waals surface area (Å²) in [6, 6.07) is 6.39. The van der Waals surface area contributed by atoms with Gasteiger partial charge in [0.25, 0.3) is 0 Å². The summed E-state index contributed by atoms with van der Waals surface area (Å²) in [6.07, 6.45) is 4.48. The highest BCUT2D eigenvalue weighted by Gasteiger charge is 2.21. The van der Waals surface area contributed by atoms with Gasteiger partial charge in [-0.2, -0.15) is 0 Å². The Bertz CT molecular complexity index is 444. The first kappa shape index (κ1) is 16.6. The molecule has 1 heterocycles. The van der Waals surface area contributed by atoms with Crippen LogP contribution < -0.4 is 10.6 Å². The second kappa shape index (κ2) is 8.02. The lowest BCUT2D eigenvalue weighted by Crippen LogP contribution is -2.38. The van der Waals surface area contributed by atoms with E-state index in [-0.39, 0.29) is 6.04 Å². The van der Waals surface area contributed by atoms with Gasteiger partial charge in [0.05, 0.1) is 6.10 Å². The number of hydrogen-bond donors (Lipinski definition) is 1. The highest BCUT2D eigenvalue weighted by molar-refractivity contribution is 6.30. The Kier molecular flexibility index (Phi) is 6.34. The third-order valence-corrected chi connectivity index (χ3v) is 4.47. The standard InChI is InChI=1S/C17H27ClN2O/c1-3-15(19)11-13-5-6-14(18)12-17(13)20-9-7-16(8-10-20)21-4-2/h5-6,12,15-16H,3-4,7-11,19H2,1-2H3. The molecule has 1 aromatic carbocycles. The van der Waals surface area contributed by atoms with Gasteiger partial charge in [0.15, 0.2) is 0 Å². The molecule has 4 heteroatoms. The lowest BCUT2D eigenvalue weighted by molar-refractivity contribution is 0.0459. The predicted octanol–water partition coefficient (Wildman–Crippen LogP) is 3.63. The van der Waals surface area contributed by atoms with Gasteiger partial charge in [0, 0.05) is 36.4 Å². The zero-order valence-corrected chi connectivity index (χ0v) is 13.9. The average molecular weight is 311 g/mol. The van der Waals surface area contributed by atoms with Crippen LogP contribution in [0.5, 0.6) is 0 Å². The average Bonchev–Trinajstić information content (AvgIpc) is 2.50. The van der Waals surface area contributed by atoms with Gasteiger partial charge < -0.3 is 15.4 Å². The van der Waals surface area contributed by atoms with Crippen LogP contribution in [0.3, 0.4) is 0 Å². The minimum absolute atomic E-state index is 0.214. The summed E-state index contributed by atoms with van der Waals surface area (Å²) in [7, 11) is 0. The van der Waals surface area contributed by atoms with Gasteiger partial charge in [-0.3, -0.25) is 0 Å². The van der Waals surface area contributed by atoms with Crippen LogP contribution in [0.4, 0.5) is 5.69 Å². The number of benzene rings is 1. The molecule has 1 fully saturated rings. The summed E-state index contributed by atoms with van der Waals surface area (Å²) in [6.45, 7) is 7.05. The maximum absolute atomic E-state index is 6.20. The quantitative estimate of drug-likeness (QED) is 0.872. The Labute approximate surface area is 133 Å². The van der Waals surface area contributed by atoms with Gasteiger partial charge in [-0.15, -0.1) is 0 Å². The molecule has 0 aliphatic carbocycles. The molecule has 1 aromatic rings. The van der Waals surface area contributed by atoms with E-state index in [2.05, 4.69) is 30.9 Å². The molecule has 0 bridgehead atoms. The summed E-state index contributed by atoms with van der Waals surface area (Å²) in [4.78, 5) is 2.43. The van der Waals surface area contributed by atoms with Gasteiger partial charge in [-0.05, 0) is 50.3 Å². The number of piperidine rings is 1. The van der Waals surface area contributed by atoms with E-state index in [4.69, 9.17) is 22.1 Å². The molecule has 1 aliphatic heterocycles. The normalized spacial score (nSPS) is 18.0. The number of hydrogen-bond acceptors (Lipinski definition) is 3. The number of ether oxygens (including phenoxy) is 1. The maximum atomic E-state index is 6.20. The second-order valence-electron chi connectivity index (χ2n) is 5.79. The first-order valence-corrected chi connectivity index (χ1v) is 8.42. The molecule has 0 aromatic heterocycles. The van der Waals surface area contributed by atoms with Gasteiger partial charge >= 0.3 is 0 Å². The van der Waals surface area contributed by atoms with Gasteiger partial charge in [0.1, 0.15) is 0 Å². The van der Waals surface area contributed by atoms with Crippen molar-refractivity contribution in [2.75, 3.05) is 24.6 Å². The SMILES string of the molecule is CCOC1CCN(c2cc(Cl)ccc2CC(N)CC)CC1. The third-order valence-electron chi connectivity index (χ3n) is 4.24. The molecule has 1 unspecified atom stereocenters. The van der Waals surface area contributed by atoms with E-state index in [1.54, 1.807) is 0 Å². The van der Waals surface area contributed by atoms with Gasteiger partial charge in [-0.25, -0.2) is 0 Å². The second-order valence-corrected chi connectivity index (χ2v) is 6.22. The fourth-order valence-corrected chi connectivity index (χ4v) is 3.10. The number of halogens is 1. The Morgan fingerprint density at radius 1 is 1.33 bits per heavy atom. The molecule has 3 nitrogen and oxygen atoms in total. The van der Waals surface area contributed by atoms with Crippen molar-refractivity contribution in [1.82, 2.24) is 0 Å². The molecule has 0 radical (unpaired) electrons. The van der Waals surface area contributed by atoms with E-state index in [0.29, 0.717) is 6.10 Å². The van der Waals surface area contributed by atoms with Crippen LogP contribution in [0.15, 0.2) is 18.2 Å². The predicted molar refractivity (Wildman–Crippen MR) is 90.3 cm³/mol. The number of anilines is 1. The first-order chi connectivity index (χ1) is 10.1. The summed E-state index contributed by atoms with van der Waals surface area (Å²) in [5.41, 5.74) is 8.69. The van der Waals surface area contributed by atoms with E-state index in [0.717, 1.165) is 50.4 Å². The summed E-state index contributed by atoms with van der Waals surface area (Å²) >= 11 is 6.20. The molecule has 1 saturated heterocycles. The topological polar surface area (TPSA) is 38.5 Å². The van der Waals surface area contributed by atoms with Crippen molar-refractivity contribution in [1.29, 1.82) is 0 Å². The number of nitrogens with zero attached hydrogens (tertiary/aromatic N) is 1. The van der Waals surface area contributed by atoms with E-state index < -0.39 is 0 Å². The van der Waals surface area contributed by atoms with Crippen LogP contribution >= 0.6 is 11.6 Å². The van der Waals surface area contributed by atoms with Crippen molar-refractivity contribution in [3.8, 4) is 0 Å². The Balaban J connectivity index is 2.09. The molecule has 2 rings (SSSR count). The lowest BCUT2D eigenvalue weighted by Gasteiger charge is -2.35. The Morgan fingerprint density at radius 2 is 2.05 bits per heavy atom. The van der Waals surface area contributed by atoms with Crippen LogP contribution in [0.25, 0.3) is 0 Å². The summed E-state index contributed by atoms with van der Waals surface area (Å²) < 4.78 is 5.73. The lowest BCUT2D eigenvalue weighted by atomic mass is 10.00. The smallest absolute Gasteiger partial charge is 0.0608 e.